The highest BCUT2D eigenvalue weighted by Crippen LogP contribution is 2.39. The van der Waals surface area contributed by atoms with Crippen molar-refractivity contribution in [2.45, 2.75) is 52.2 Å². The molecule has 2 atom stereocenters. The zero-order valence-corrected chi connectivity index (χ0v) is 17.1. The molecule has 1 aliphatic heterocycles. The Morgan fingerprint density at radius 3 is 2.64 bits per heavy atom. The van der Waals surface area contributed by atoms with E-state index in [1.165, 1.54) is 17.5 Å². The van der Waals surface area contributed by atoms with Crippen molar-refractivity contribution in [2.75, 3.05) is 20.3 Å². The maximum atomic E-state index is 9.82. The fraction of sp³-hybridized carbons (Fsp3) is 0.632. The van der Waals surface area contributed by atoms with Gasteiger partial charge in [-0.25, -0.2) is 4.68 Å². The second-order valence-corrected chi connectivity index (χ2v) is 7.59. The summed E-state index contributed by atoms with van der Waals surface area (Å²) in [4.78, 5) is 0. The molecule has 25 heavy (non-hydrogen) atoms. The van der Waals surface area contributed by atoms with Crippen LogP contribution in [0.25, 0.3) is 10.9 Å². The van der Waals surface area contributed by atoms with Crippen molar-refractivity contribution in [3.8, 4) is 0 Å². The summed E-state index contributed by atoms with van der Waals surface area (Å²) in [5, 5.41) is 22.5. The first kappa shape index (κ1) is 20.4. The zero-order chi connectivity index (χ0) is 18.6. The van der Waals surface area contributed by atoms with Gasteiger partial charge in [0.1, 0.15) is 0 Å². The third-order valence-corrected chi connectivity index (χ3v) is 5.74. The molecule has 6 heteroatoms. The second kappa shape index (κ2) is 9.12. The number of aliphatic hydroxyl groups is 2. The number of hydrogen-bond donors (Lipinski definition) is 2. The van der Waals surface area contributed by atoms with E-state index in [2.05, 4.69) is 47.9 Å². The van der Waals surface area contributed by atoms with Crippen molar-refractivity contribution in [3.05, 3.63) is 27.9 Å². The van der Waals surface area contributed by atoms with Gasteiger partial charge < -0.3 is 14.9 Å². The number of rotatable bonds is 4. The van der Waals surface area contributed by atoms with Crippen molar-refractivity contribution >= 4 is 26.8 Å². The van der Waals surface area contributed by atoms with E-state index in [4.69, 9.17) is 9.84 Å². The van der Waals surface area contributed by atoms with E-state index in [1.54, 1.807) is 0 Å². The van der Waals surface area contributed by atoms with Crippen LogP contribution in [0.4, 0.5) is 0 Å². The van der Waals surface area contributed by atoms with Gasteiger partial charge in [0, 0.05) is 29.5 Å². The Kier molecular flexibility index (Phi) is 7.43. The number of ether oxygens (including phenoxy) is 1. The van der Waals surface area contributed by atoms with Crippen LogP contribution in [0.1, 0.15) is 56.4 Å². The molecule has 0 saturated carbocycles. The van der Waals surface area contributed by atoms with Gasteiger partial charge in [-0.15, -0.1) is 0 Å². The van der Waals surface area contributed by atoms with Gasteiger partial charge in [0.25, 0.3) is 0 Å². The lowest BCUT2D eigenvalue weighted by Crippen LogP contribution is -2.19. The van der Waals surface area contributed by atoms with Crippen LogP contribution >= 0.6 is 15.9 Å². The number of hydrogen-bond acceptors (Lipinski definition) is 4. The normalized spacial score (nSPS) is 19.0. The van der Waals surface area contributed by atoms with Crippen molar-refractivity contribution in [1.82, 2.24) is 9.78 Å². The van der Waals surface area contributed by atoms with Crippen molar-refractivity contribution in [3.63, 3.8) is 0 Å². The van der Waals surface area contributed by atoms with Gasteiger partial charge in [0.2, 0.25) is 0 Å². The molecule has 5 nitrogen and oxygen atoms in total. The number of halogens is 1. The minimum Gasteiger partial charge on any atom is -0.400 e. The van der Waals surface area contributed by atoms with Gasteiger partial charge in [0.15, 0.2) is 6.23 Å². The lowest BCUT2D eigenvalue weighted by molar-refractivity contribution is -0.0366. The van der Waals surface area contributed by atoms with E-state index in [0.717, 1.165) is 41.9 Å². The average molecular weight is 413 g/mol. The lowest BCUT2D eigenvalue weighted by atomic mass is 9.86. The minimum atomic E-state index is 0.0390. The number of fused-ring (bicyclic) bond motifs is 1. The molecule has 3 rings (SSSR count). The molecule has 0 bridgehead atoms. The Balaban J connectivity index is 0.00000109. The number of benzene rings is 1. The third kappa shape index (κ3) is 4.08. The SMILES string of the molecule is CO.Cc1cc2c(cnn2C2CCCCO2)c(Br)c1C(CO)C(C)C. The highest BCUT2D eigenvalue weighted by molar-refractivity contribution is 9.10. The monoisotopic (exact) mass is 412 g/mol. The number of aliphatic hydroxyl groups excluding tert-OH is 2. The predicted molar refractivity (Wildman–Crippen MR) is 104 cm³/mol. The molecule has 2 heterocycles. The van der Waals surface area contributed by atoms with Crippen LogP contribution in [0.2, 0.25) is 0 Å². The molecule has 0 spiro atoms. The van der Waals surface area contributed by atoms with E-state index in [9.17, 15) is 5.11 Å². The van der Waals surface area contributed by atoms with Crippen molar-refractivity contribution < 1.29 is 14.9 Å². The number of aryl methyl sites for hydroxylation is 1. The molecule has 1 fully saturated rings. The zero-order valence-electron chi connectivity index (χ0n) is 15.5. The Morgan fingerprint density at radius 1 is 1.36 bits per heavy atom. The second-order valence-electron chi connectivity index (χ2n) is 6.80. The van der Waals surface area contributed by atoms with E-state index in [-0.39, 0.29) is 18.8 Å². The molecular formula is C19H29BrN2O3. The first-order valence-corrected chi connectivity index (χ1v) is 9.67. The summed E-state index contributed by atoms with van der Waals surface area (Å²) < 4.78 is 8.96. The predicted octanol–water partition coefficient (Wildman–Crippen LogP) is 4.15. The van der Waals surface area contributed by atoms with Gasteiger partial charge in [-0.2, -0.15) is 5.10 Å². The third-order valence-electron chi connectivity index (χ3n) is 4.89. The molecular weight excluding hydrogens is 384 g/mol. The summed E-state index contributed by atoms with van der Waals surface area (Å²) >= 11 is 3.77. The maximum Gasteiger partial charge on any atom is 0.150 e. The Labute approximate surface area is 158 Å². The van der Waals surface area contributed by atoms with E-state index < -0.39 is 0 Å². The van der Waals surface area contributed by atoms with E-state index in [0.29, 0.717) is 5.92 Å². The van der Waals surface area contributed by atoms with Crippen LogP contribution in [-0.2, 0) is 4.74 Å². The molecule has 2 unspecified atom stereocenters. The quantitative estimate of drug-likeness (QED) is 0.791. The van der Waals surface area contributed by atoms with Gasteiger partial charge in [-0.1, -0.05) is 13.8 Å². The van der Waals surface area contributed by atoms with Gasteiger partial charge in [-0.3, -0.25) is 0 Å². The standard InChI is InChI=1S/C18H25BrN2O2.CH4O/c1-11(2)14(10-22)17-12(3)8-15-13(18(17)19)9-20-21(15)16-6-4-5-7-23-16;1-2/h8-9,11,14,16,22H,4-7,10H2,1-3H3;2H,1H3. The Morgan fingerprint density at radius 2 is 2.08 bits per heavy atom. The van der Waals surface area contributed by atoms with Gasteiger partial charge in [-0.05, 0) is 65.2 Å². The largest absolute Gasteiger partial charge is 0.400 e. The van der Waals surface area contributed by atoms with Crippen LogP contribution in [-0.4, -0.2) is 40.3 Å². The molecule has 1 aromatic carbocycles. The molecule has 2 aromatic rings. The van der Waals surface area contributed by atoms with Crippen LogP contribution in [0, 0.1) is 12.8 Å². The first-order chi connectivity index (χ1) is 12.0. The first-order valence-electron chi connectivity index (χ1n) is 8.88. The molecule has 0 aliphatic carbocycles. The number of aromatic nitrogens is 2. The van der Waals surface area contributed by atoms with Gasteiger partial charge >= 0.3 is 0 Å². The summed E-state index contributed by atoms with van der Waals surface area (Å²) in [5.41, 5.74) is 3.49. The fourth-order valence-corrected chi connectivity index (χ4v) is 4.43. The molecule has 2 N–H and O–H groups in total. The molecule has 1 aromatic heterocycles. The summed E-state index contributed by atoms with van der Waals surface area (Å²) in [6.07, 6.45) is 5.28. The highest BCUT2D eigenvalue weighted by Gasteiger charge is 2.24. The highest BCUT2D eigenvalue weighted by atomic mass is 79.9. The van der Waals surface area contributed by atoms with Crippen LogP contribution < -0.4 is 0 Å². The number of nitrogens with zero attached hydrogens (tertiary/aromatic N) is 2. The topological polar surface area (TPSA) is 67.5 Å². The average Bonchev–Trinajstić information content (AvgIpc) is 3.04. The lowest BCUT2D eigenvalue weighted by Gasteiger charge is -2.25. The Hall–Kier alpha value is -0.950. The molecule has 140 valence electrons. The smallest absolute Gasteiger partial charge is 0.150 e. The van der Waals surface area contributed by atoms with Crippen molar-refractivity contribution in [2.24, 2.45) is 5.92 Å². The minimum absolute atomic E-state index is 0.0390. The van der Waals surface area contributed by atoms with E-state index >= 15 is 0 Å². The Bertz CT molecular complexity index is 694. The summed E-state index contributed by atoms with van der Waals surface area (Å²) in [6.45, 7) is 7.38. The fourth-order valence-electron chi connectivity index (χ4n) is 3.52. The van der Waals surface area contributed by atoms with Crippen molar-refractivity contribution in [1.29, 1.82) is 0 Å². The van der Waals surface area contributed by atoms with Gasteiger partial charge in [0.05, 0.1) is 18.3 Å². The summed E-state index contributed by atoms with van der Waals surface area (Å²) in [5.74, 6) is 0.507. The van der Waals surface area contributed by atoms with Crippen LogP contribution in [0.5, 0.6) is 0 Å². The molecule has 0 radical (unpaired) electrons. The summed E-state index contributed by atoms with van der Waals surface area (Å²) in [6, 6.07) is 2.19. The van der Waals surface area contributed by atoms with E-state index in [1.807, 2.05) is 10.9 Å². The molecule has 1 saturated heterocycles. The van der Waals surface area contributed by atoms with Crippen LogP contribution in [0.3, 0.4) is 0 Å². The summed E-state index contributed by atoms with van der Waals surface area (Å²) in [7, 11) is 1.00. The molecule has 1 aliphatic rings. The van der Waals surface area contributed by atoms with Crippen LogP contribution in [0.15, 0.2) is 16.7 Å². The maximum absolute atomic E-state index is 9.82. The molecule has 0 amide bonds.